The van der Waals surface area contributed by atoms with E-state index in [1.54, 1.807) is 12.1 Å². The molecule has 0 radical (unpaired) electrons. The molecule has 25 heavy (non-hydrogen) atoms. The quantitative estimate of drug-likeness (QED) is 0.430. The summed E-state index contributed by atoms with van der Waals surface area (Å²) >= 11 is 0. The van der Waals surface area contributed by atoms with E-state index >= 15 is 0 Å². The smallest absolute Gasteiger partial charge is 0.338 e. The van der Waals surface area contributed by atoms with Gasteiger partial charge in [-0.15, -0.1) is 0 Å². The number of carbonyl (C=O) groups excluding carboxylic acids is 2. The van der Waals surface area contributed by atoms with Crippen LogP contribution in [0.3, 0.4) is 0 Å². The van der Waals surface area contributed by atoms with E-state index in [4.69, 9.17) is 4.74 Å². The monoisotopic (exact) mass is 352 g/mol. The lowest BCUT2D eigenvalue weighted by atomic mass is 9.79. The number of phenolic OH excluding ortho intramolecular Hbond substituents is 1. The van der Waals surface area contributed by atoms with Crippen LogP contribution in [-0.4, -0.2) is 63.4 Å². The van der Waals surface area contributed by atoms with Crippen LogP contribution in [0.5, 0.6) is 5.75 Å². The Labute approximate surface area is 143 Å². The van der Waals surface area contributed by atoms with Gasteiger partial charge in [-0.25, -0.2) is 9.59 Å². The van der Waals surface area contributed by atoms with Crippen LogP contribution >= 0.6 is 0 Å². The first-order valence-corrected chi connectivity index (χ1v) is 7.60. The molecule has 1 aliphatic rings. The third-order valence-electron chi connectivity index (χ3n) is 4.00. The molecule has 1 aromatic rings. The first-order chi connectivity index (χ1) is 11.7. The maximum absolute atomic E-state index is 11.9. The average molecular weight is 352 g/mol. The van der Waals surface area contributed by atoms with Gasteiger partial charge in [-0.3, -0.25) is 0 Å². The maximum atomic E-state index is 11.9. The summed E-state index contributed by atoms with van der Waals surface area (Å²) in [5.74, 6) is -1.71. The summed E-state index contributed by atoms with van der Waals surface area (Å²) in [7, 11) is 1.08. The molecule has 1 aromatic carbocycles. The predicted molar refractivity (Wildman–Crippen MR) is 85.2 cm³/mol. The number of aliphatic hydroxyl groups excluding tert-OH is 2. The van der Waals surface area contributed by atoms with E-state index in [-0.39, 0.29) is 5.75 Å². The zero-order valence-corrected chi connectivity index (χ0v) is 13.5. The number of hydrogen-bond donors (Lipinski definition) is 4. The number of methoxy groups -OCH3 is 1. The van der Waals surface area contributed by atoms with Gasteiger partial charge in [0.05, 0.1) is 13.2 Å². The fraction of sp³-hybridized carbons (Fsp3) is 0.412. The number of esters is 2. The highest BCUT2D eigenvalue weighted by Crippen LogP contribution is 2.32. The van der Waals surface area contributed by atoms with E-state index in [9.17, 15) is 30.0 Å². The molecule has 8 nitrogen and oxygen atoms in total. The Morgan fingerprint density at radius 3 is 2.44 bits per heavy atom. The van der Waals surface area contributed by atoms with Crippen molar-refractivity contribution in [1.82, 2.24) is 0 Å². The zero-order chi connectivity index (χ0) is 18.6. The minimum absolute atomic E-state index is 0.0844. The van der Waals surface area contributed by atoms with Gasteiger partial charge in [0.1, 0.15) is 18.0 Å². The molecule has 136 valence electrons. The molecule has 0 saturated heterocycles. The van der Waals surface area contributed by atoms with E-state index < -0.39 is 48.7 Å². The maximum Gasteiger partial charge on any atom is 0.338 e. The third-order valence-corrected chi connectivity index (χ3v) is 4.00. The molecular formula is C17H20O8. The van der Waals surface area contributed by atoms with Crippen LogP contribution in [0, 0.1) is 0 Å². The highest BCUT2D eigenvalue weighted by molar-refractivity contribution is 5.87. The lowest BCUT2D eigenvalue weighted by Gasteiger charge is -2.39. The summed E-state index contributed by atoms with van der Waals surface area (Å²) < 4.78 is 9.54. The van der Waals surface area contributed by atoms with Crippen molar-refractivity contribution >= 4 is 18.0 Å². The van der Waals surface area contributed by atoms with E-state index in [0.717, 1.165) is 13.2 Å². The van der Waals surface area contributed by atoms with Crippen molar-refractivity contribution in [3.63, 3.8) is 0 Å². The summed E-state index contributed by atoms with van der Waals surface area (Å²) in [6, 6.07) is 6.05. The van der Waals surface area contributed by atoms with Gasteiger partial charge in [0.25, 0.3) is 0 Å². The number of benzene rings is 1. The van der Waals surface area contributed by atoms with Gasteiger partial charge in [-0.05, 0) is 23.8 Å². The number of carbonyl (C=O) groups is 2. The Morgan fingerprint density at radius 2 is 1.84 bits per heavy atom. The van der Waals surface area contributed by atoms with E-state index in [0.29, 0.717) is 5.56 Å². The second kappa shape index (κ2) is 7.64. The van der Waals surface area contributed by atoms with Crippen LogP contribution in [0.15, 0.2) is 30.3 Å². The minimum Gasteiger partial charge on any atom is -0.508 e. The Morgan fingerprint density at radius 1 is 1.20 bits per heavy atom. The molecule has 4 atom stereocenters. The Hall–Kier alpha value is -2.42. The molecule has 0 aliphatic heterocycles. The summed E-state index contributed by atoms with van der Waals surface area (Å²) in [5.41, 5.74) is -1.41. The van der Waals surface area contributed by atoms with Crippen molar-refractivity contribution in [1.29, 1.82) is 0 Å². The largest absolute Gasteiger partial charge is 0.508 e. The van der Waals surface area contributed by atoms with Crippen molar-refractivity contribution in [2.45, 2.75) is 36.8 Å². The van der Waals surface area contributed by atoms with Crippen LogP contribution in [-0.2, 0) is 19.1 Å². The van der Waals surface area contributed by atoms with Crippen LogP contribution in [0.25, 0.3) is 6.08 Å². The molecule has 1 saturated carbocycles. The number of hydrogen-bond acceptors (Lipinski definition) is 8. The lowest BCUT2D eigenvalue weighted by molar-refractivity contribution is -0.198. The second-order valence-electron chi connectivity index (χ2n) is 5.89. The zero-order valence-electron chi connectivity index (χ0n) is 13.5. The highest BCUT2D eigenvalue weighted by atomic mass is 16.6. The van der Waals surface area contributed by atoms with Crippen LogP contribution in [0.1, 0.15) is 18.4 Å². The van der Waals surface area contributed by atoms with Gasteiger partial charge in [0.15, 0.2) is 5.60 Å². The summed E-state index contributed by atoms with van der Waals surface area (Å²) in [6.45, 7) is 0. The Balaban J connectivity index is 2.04. The summed E-state index contributed by atoms with van der Waals surface area (Å²) in [5, 5.41) is 39.2. The molecule has 1 fully saturated rings. The molecule has 0 heterocycles. The predicted octanol–water partition coefficient (Wildman–Crippen LogP) is -0.263. The molecule has 0 aromatic heterocycles. The van der Waals surface area contributed by atoms with Crippen molar-refractivity contribution < 1.29 is 39.5 Å². The fourth-order valence-corrected chi connectivity index (χ4v) is 2.66. The summed E-state index contributed by atoms with van der Waals surface area (Å²) in [6.07, 6.45) is -2.44. The molecule has 0 bridgehead atoms. The van der Waals surface area contributed by atoms with Gasteiger partial charge in [0, 0.05) is 18.9 Å². The molecule has 2 rings (SSSR count). The van der Waals surface area contributed by atoms with Crippen LogP contribution in [0.2, 0.25) is 0 Å². The molecule has 0 unspecified atom stereocenters. The van der Waals surface area contributed by atoms with E-state index in [2.05, 4.69) is 4.74 Å². The van der Waals surface area contributed by atoms with Gasteiger partial charge < -0.3 is 29.9 Å². The lowest BCUT2D eigenvalue weighted by Crippen LogP contribution is -2.57. The van der Waals surface area contributed by atoms with Crippen molar-refractivity contribution in [3.8, 4) is 5.75 Å². The second-order valence-corrected chi connectivity index (χ2v) is 5.89. The van der Waals surface area contributed by atoms with Gasteiger partial charge in [0.2, 0.25) is 0 Å². The average Bonchev–Trinajstić information content (AvgIpc) is 2.58. The first-order valence-electron chi connectivity index (χ1n) is 7.60. The number of phenols is 1. The van der Waals surface area contributed by atoms with Gasteiger partial charge in [-0.1, -0.05) is 12.1 Å². The van der Waals surface area contributed by atoms with Gasteiger partial charge in [-0.2, -0.15) is 0 Å². The van der Waals surface area contributed by atoms with Gasteiger partial charge >= 0.3 is 11.9 Å². The molecule has 0 spiro atoms. The fourth-order valence-electron chi connectivity index (χ4n) is 2.66. The van der Waals surface area contributed by atoms with E-state index in [1.807, 2.05) is 0 Å². The Bertz CT molecular complexity index is 653. The molecule has 8 heteroatoms. The molecular weight excluding hydrogens is 332 g/mol. The minimum atomic E-state index is -2.04. The van der Waals surface area contributed by atoms with Crippen LogP contribution < -0.4 is 0 Å². The number of rotatable bonds is 4. The first kappa shape index (κ1) is 18.9. The number of ether oxygens (including phenoxy) is 2. The summed E-state index contributed by atoms with van der Waals surface area (Å²) in [4.78, 5) is 23.6. The van der Waals surface area contributed by atoms with Crippen molar-refractivity contribution in [2.75, 3.05) is 7.11 Å². The number of aliphatic hydroxyl groups is 3. The van der Waals surface area contributed by atoms with E-state index in [1.165, 1.54) is 18.2 Å². The molecule has 4 N–H and O–H groups in total. The third kappa shape index (κ3) is 4.56. The molecule has 0 amide bonds. The topological polar surface area (TPSA) is 134 Å². The SMILES string of the molecule is COC(=O)[C@]1(O)C[C@@H](O)[C@@H](O)[C@H](OC(=O)/C=C/c2ccc(O)cc2)C1. The number of aromatic hydroxyl groups is 1. The Kier molecular flexibility index (Phi) is 5.78. The highest BCUT2D eigenvalue weighted by Gasteiger charge is 2.50. The van der Waals surface area contributed by atoms with Crippen molar-refractivity contribution in [3.05, 3.63) is 35.9 Å². The normalized spacial score (nSPS) is 29.4. The van der Waals surface area contributed by atoms with Crippen molar-refractivity contribution in [2.24, 2.45) is 0 Å². The molecule has 1 aliphatic carbocycles. The standard InChI is InChI=1S/C17H20O8/c1-24-16(22)17(23)8-12(19)15(21)13(9-17)25-14(20)7-4-10-2-5-11(18)6-3-10/h2-7,12-13,15,18-19,21,23H,8-9H2,1H3/b7-4+/t12-,13-,15-,17+/m1/s1. The van der Waals surface area contributed by atoms with Crippen LogP contribution in [0.4, 0.5) is 0 Å².